The third kappa shape index (κ3) is 2.82. The lowest BCUT2D eigenvalue weighted by Gasteiger charge is -2.47. The highest BCUT2D eigenvalue weighted by atomic mass is 35.5. The fourth-order valence-corrected chi connectivity index (χ4v) is 3.77. The van der Waals surface area contributed by atoms with Crippen LogP contribution < -0.4 is 10.2 Å². The zero-order valence-corrected chi connectivity index (χ0v) is 14.1. The van der Waals surface area contributed by atoms with Crippen LogP contribution in [-0.2, 0) is 6.54 Å². The molecule has 1 N–H and O–H groups in total. The fourth-order valence-electron chi connectivity index (χ4n) is 3.54. The van der Waals surface area contributed by atoms with Crippen molar-refractivity contribution in [3.05, 3.63) is 28.3 Å². The zero-order chi connectivity index (χ0) is 14.9. The predicted molar refractivity (Wildman–Crippen MR) is 89.0 cm³/mol. The van der Waals surface area contributed by atoms with Crippen LogP contribution in [0.1, 0.15) is 58.1 Å². The second-order valence-corrected chi connectivity index (χ2v) is 6.85. The van der Waals surface area contributed by atoms with Gasteiger partial charge in [-0.15, -0.1) is 0 Å². The lowest BCUT2D eigenvalue weighted by atomic mass is 9.79. The summed E-state index contributed by atoms with van der Waals surface area (Å²) in [5.41, 5.74) is 4.19. The summed E-state index contributed by atoms with van der Waals surface area (Å²) < 4.78 is 0. The molecule has 20 heavy (non-hydrogen) atoms. The van der Waals surface area contributed by atoms with E-state index in [1.165, 1.54) is 23.2 Å². The number of fused-ring (bicyclic) bond motifs is 1. The van der Waals surface area contributed by atoms with Crippen LogP contribution in [0.3, 0.4) is 0 Å². The Morgan fingerprint density at radius 3 is 2.65 bits per heavy atom. The summed E-state index contributed by atoms with van der Waals surface area (Å²) in [5.74, 6) is 0.584. The van der Waals surface area contributed by atoms with Crippen LogP contribution in [0.5, 0.6) is 0 Å². The quantitative estimate of drug-likeness (QED) is 0.875. The normalized spacial score (nSPS) is 20.9. The molecule has 0 fully saturated rings. The van der Waals surface area contributed by atoms with Crippen molar-refractivity contribution in [1.29, 1.82) is 0 Å². The molecule has 0 saturated carbocycles. The summed E-state index contributed by atoms with van der Waals surface area (Å²) in [6.07, 6.45) is 1.19. The largest absolute Gasteiger partial charge is 0.366 e. The van der Waals surface area contributed by atoms with E-state index in [1.54, 1.807) is 0 Å². The minimum Gasteiger partial charge on any atom is -0.366 e. The van der Waals surface area contributed by atoms with Crippen LogP contribution in [0.4, 0.5) is 5.69 Å². The monoisotopic (exact) mass is 294 g/mol. The van der Waals surface area contributed by atoms with Crippen LogP contribution in [0.2, 0.25) is 5.02 Å². The van der Waals surface area contributed by atoms with Crippen molar-refractivity contribution in [2.45, 2.75) is 59.0 Å². The molecular formula is C17H27ClN2. The number of nitrogens with one attached hydrogen (secondary N) is 1. The first kappa shape index (κ1) is 15.7. The van der Waals surface area contributed by atoms with Gasteiger partial charge in [-0.1, -0.05) is 31.5 Å². The lowest BCUT2D eigenvalue weighted by molar-refractivity contribution is 0.381. The first-order valence-electron chi connectivity index (χ1n) is 7.71. The molecule has 2 nitrogen and oxygen atoms in total. The van der Waals surface area contributed by atoms with E-state index < -0.39 is 0 Å². The molecule has 1 unspecified atom stereocenters. The molecule has 0 radical (unpaired) electrons. The standard InChI is InChI=1S/C17H27ClN2/c1-6-19-11-13-8-14-12(3)10-17(4,5)20(7-2)16(14)9-15(13)18/h8-9,12,19H,6-7,10-11H2,1-5H3. The van der Waals surface area contributed by atoms with Gasteiger partial charge in [0.1, 0.15) is 0 Å². The number of nitrogens with zero attached hydrogens (tertiary/aromatic N) is 1. The van der Waals surface area contributed by atoms with Gasteiger partial charge in [0.15, 0.2) is 0 Å². The maximum Gasteiger partial charge on any atom is 0.0471 e. The molecule has 1 aliphatic heterocycles. The van der Waals surface area contributed by atoms with E-state index >= 15 is 0 Å². The summed E-state index contributed by atoms with van der Waals surface area (Å²) in [4.78, 5) is 2.49. The van der Waals surface area contributed by atoms with Gasteiger partial charge in [-0.05, 0) is 56.8 Å². The number of hydrogen-bond donors (Lipinski definition) is 1. The van der Waals surface area contributed by atoms with E-state index in [-0.39, 0.29) is 5.54 Å². The highest BCUT2D eigenvalue weighted by Gasteiger charge is 2.35. The van der Waals surface area contributed by atoms with Crippen LogP contribution in [-0.4, -0.2) is 18.6 Å². The number of hydrogen-bond acceptors (Lipinski definition) is 2. The van der Waals surface area contributed by atoms with Gasteiger partial charge in [0.05, 0.1) is 0 Å². The molecule has 3 heteroatoms. The van der Waals surface area contributed by atoms with Gasteiger partial charge in [-0.2, -0.15) is 0 Å². The molecule has 1 aliphatic rings. The average molecular weight is 295 g/mol. The zero-order valence-electron chi connectivity index (χ0n) is 13.4. The van der Waals surface area contributed by atoms with Gasteiger partial charge in [0.25, 0.3) is 0 Å². The lowest BCUT2D eigenvalue weighted by Crippen LogP contribution is -2.48. The molecule has 0 amide bonds. The van der Waals surface area contributed by atoms with E-state index in [4.69, 9.17) is 11.6 Å². The number of halogens is 1. The molecular weight excluding hydrogens is 268 g/mol. The van der Waals surface area contributed by atoms with Gasteiger partial charge in [0, 0.05) is 29.3 Å². The summed E-state index contributed by atoms with van der Waals surface area (Å²) in [6, 6.07) is 4.48. The second kappa shape index (κ2) is 5.95. The second-order valence-electron chi connectivity index (χ2n) is 6.44. The highest BCUT2D eigenvalue weighted by Crippen LogP contribution is 2.44. The molecule has 0 bridgehead atoms. The Balaban J connectivity index is 2.46. The Morgan fingerprint density at radius 2 is 2.05 bits per heavy atom. The summed E-state index contributed by atoms with van der Waals surface area (Å²) >= 11 is 6.49. The van der Waals surface area contributed by atoms with Gasteiger partial charge in [0.2, 0.25) is 0 Å². The van der Waals surface area contributed by atoms with E-state index in [0.717, 1.165) is 24.7 Å². The Kier molecular flexibility index (Phi) is 4.66. The van der Waals surface area contributed by atoms with Crippen LogP contribution >= 0.6 is 11.6 Å². The van der Waals surface area contributed by atoms with Crippen molar-refractivity contribution in [3.8, 4) is 0 Å². The minimum atomic E-state index is 0.202. The number of benzene rings is 1. The Bertz CT molecular complexity index is 482. The van der Waals surface area contributed by atoms with Crippen LogP contribution in [0.25, 0.3) is 0 Å². The molecule has 1 atom stereocenters. The van der Waals surface area contributed by atoms with Crippen molar-refractivity contribution >= 4 is 17.3 Å². The highest BCUT2D eigenvalue weighted by molar-refractivity contribution is 6.31. The van der Waals surface area contributed by atoms with E-state index in [9.17, 15) is 0 Å². The molecule has 1 heterocycles. The van der Waals surface area contributed by atoms with Gasteiger partial charge in [-0.25, -0.2) is 0 Å². The maximum atomic E-state index is 6.49. The molecule has 1 aromatic carbocycles. The molecule has 112 valence electrons. The van der Waals surface area contributed by atoms with Crippen LogP contribution in [0.15, 0.2) is 12.1 Å². The molecule has 2 rings (SSSR count). The third-order valence-corrected chi connectivity index (χ3v) is 4.79. The molecule has 0 aliphatic carbocycles. The topological polar surface area (TPSA) is 15.3 Å². The number of anilines is 1. The van der Waals surface area contributed by atoms with Gasteiger partial charge in [-0.3, -0.25) is 0 Å². The first-order valence-corrected chi connectivity index (χ1v) is 8.09. The van der Waals surface area contributed by atoms with Crippen molar-refractivity contribution < 1.29 is 0 Å². The smallest absolute Gasteiger partial charge is 0.0471 e. The maximum absolute atomic E-state index is 6.49. The Hall–Kier alpha value is -0.730. The fraction of sp³-hybridized carbons (Fsp3) is 0.647. The Labute approximate surface area is 128 Å². The van der Waals surface area contributed by atoms with Crippen molar-refractivity contribution in [1.82, 2.24) is 5.32 Å². The van der Waals surface area contributed by atoms with Crippen molar-refractivity contribution in [2.24, 2.45) is 0 Å². The van der Waals surface area contributed by atoms with E-state index in [0.29, 0.717) is 5.92 Å². The predicted octanol–water partition coefficient (Wildman–Crippen LogP) is 4.56. The van der Waals surface area contributed by atoms with Crippen molar-refractivity contribution in [2.75, 3.05) is 18.0 Å². The Morgan fingerprint density at radius 1 is 1.35 bits per heavy atom. The van der Waals surface area contributed by atoms with Crippen molar-refractivity contribution in [3.63, 3.8) is 0 Å². The molecule has 1 aromatic rings. The summed E-state index contributed by atoms with van der Waals surface area (Å²) in [7, 11) is 0. The molecule has 0 aromatic heterocycles. The van der Waals surface area contributed by atoms with E-state index in [2.05, 4.69) is 57.0 Å². The third-order valence-electron chi connectivity index (χ3n) is 4.44. The average Bonchev–Trinajstić information content (AvgIpc) is 2.36. The SMILES string of the molecule is CCNCc1cc2c(cc1Cl)N(CC)C(C)(C)CC2C. The van der Waals surface area contributed by atoms with Crippen LogP contribution in [0, 0.1) is 0 Å². The summed E-state index contributed by atoms with van der Waals surface area (Å²) in [6.45, 7) is 14.2. The van der Waals surface area contributed by atoms with Gasteiger partial charge < -0.3 is 10.2 Å². The number of rotatable bonds is 4. The van der Waals surface area contributed by atoms with Gasteiger partial charge >= 0.3 is 0 Å². The summed E-state index contributed by atoms with van der Waals surface area (Å²) in [5, 5.41) is 4.25. The molecule has 0 spiro atoms. The minimum absolute atomic E-state index is 0.202. The first-order chi connectivity index (χ1) is 9.40. The van der Waals surface area contributed by atoms with E-state index in [1.807, 2.05) is 0 Å². The molecule has 0 saturated heterocycles.